The van der Waals surface area contributed by atoms with E-state index >= 15 is 0 Å². The van der Waals surface area contributed by atoms with Crippen molar-refractivity contribution in [3.8, 4) is 0 Å². The van der Waals surface area contributed by atoms with Gasteiger partial charge in [-0.2, -0.15) is 10.2 Å². The molecule has 0 radical (unpaired) electrons. The van der Waals surface area contributed by atoms with Crippen molar-refractivity contribution in [1.29, 1.82) is 0 Å². The van der Waals surface area contributed by atoms with Crippen LogP contribution in [0.5, 0.6) is 0 Å². The van der Waals surface area contributed by atoms with E-state index in [1.165, 1.54) is 0 Å². The Labute approximate surface area is 98.1 Å². The average Bonchev–Trinajstić information content (AvgIpc) is 2.82. The first-order valence-electron chi connectivity index (χ1n) is 5.36. The van der Waals surface area contributed by atoms with Crippen molar-refractivity contribution in [1.82, 2.24) is 10.2 Å². The van der Waals surface area contributed by atoms with Crippen LogP contribution < -0.4 is 5.73 Å². The predicted octanol–water partition coefficient (Wildman–Crippen LogP) is 2.27. The molecule has 2 N–H and O–H groups in total. The van der Waals surface area contributed by atoms with Crippen LogP contribution in [0, 0.1) is 0 Å². The molecular formula is C13H11N3O. The molecule has 4 heteroatoms. The average molecular weight is 225 g/mol. The molecule has 1 atom stereocenters. The highest BCUT2D eigenvalue weighted by Gasteiger charge is 2.15. The number of aromatic nitrogens is 2. The van der Waals surface area contributed by atoms with E-state index in [4.69, 9.17) is 10.2 Å². The summed E-state index contributed by atoms with van der Waals surface area (Å²) in [6.07, 6.45) is 1.62. The number of nitrogens with two attached hydrogens (primary N) is 1. The van der Waals surface area contributed by atoms with E-state index in [0.717, 1.165) is 11.0 Å². The van der Waals surface area contributed by atoms with Gasteiger partial charge in [-0.15, -0.1) is 0 Å². The second kappa shape index (κ2) is 3.99. The number of benzene rings is 1. The first kappa shape index (κ1) is 9.99. The number of hydrogen-bond donors (Lipinski definition) is 1. The first-order chi connectivity index (χ1) is 8.34. The zero-order valence-electron chi connectivity index (χ0n) is 9.08. The lowest BCUT2D eigenvalue weighted by molar-refractivity contribution is 0.518. The fourth-order valence-corrected chi connectivity index (χ4v) is 1.78. The van der Waals surface area contributed by atoms with Crippen molar-refractivity contribution in [3.05, 3.63) is 60.1 Å². The Morgan fingerprint density at radius 1 is 1.12 bits per heavy atom. The maximum atomic E-state index is 6.08. The highest BCUT2D eigenvalue weighted by Crippen LogP contribution is 2.25. The molecule has 0 amide bonds. The Hall–Kier alpha value is -2.20. The predicted molar refractivity (Wildman–Crippen MR) is 64.3 cm³/mol. The summed E-state index contributed by atoms with van der Waals surface area (Å²) < 4.78 is 5.69. The van der Waals surface area contributed by atoms with E-state index in [1.54, 1.807) is 6.20 Å². The van der Waals surface area contributed by atoms with Crippen LogP contribution in [0.1, 0.15) is 17.5 Å². The summed E-state index contributed by atoms with van der Waals surface area (Å²) in [4.78, 5) is 0. The van der Waals surface area contributed by atoms with Crippen molar-refractivity contribution >= 4 is 11.0 Å². The van der Waals surface area contributed by atoms with Gasteiger partial charge in [-0.3, -0.25) is 0 Å². The maximum absolute atomic E-state index is 6.08. The molecule has 84 valence electrons. The van der Waals surface area contributed by atoms with Gasteiger partial charge >= 0.3 is 0 Å². The molecule has 4 nitrogen and oxygen atoms in total. The highest BCUT2D eigenvalue weighted by atomic mass is 16.3. The van der Waals surface area contributed by atoms with Crippen LogP contribution in [0.25, 0.3) is 11.0 Å². The molecule has 0 aliphatic heterocycles. The van der Waals surface area contributed by atoms with Crippen molar-refractivity contribution < 1.29 is 4.42 Å². The van der Waals surface area contributed by atoms with Gasteiger partial charge in [0, 0.05) is 11.6 Å². The van der Waals surface area contributed by atoms with Gasteiger partial charge in [0.05, 0.1) is 5.69 Å². The van der Waals surface area contributed by atoms with Gasteiger partial charge in [0.25, 0.3) is 0 Å². The smallest absolute Gasteiger partial charge is 0.134 e. The Morgan fingerprint density at radius 3 is 2.76 bits per heavy atom. The lowest BCUT2D eigenvalue weighted by Gasteiger charge is -2.05. The molecule has 1 unspecified atom stereocenters. The third kappa shape index (κ3) is 1.79. The largest absolute Gasteiger partial charge is 0.459 e. The minimum absolute atomic E-state index is 0.379. The van der Waals surface area contributed by atoms with Crippen LogP contribution in [0.15, 0.2) is 53.1 Å². The van der Waals surface area contributed by atoms with E-state index in [2.05, 4.69) is 10.2 Å². The van der Waals surface area contributed by atoms with Gasteiger partial charge in [0.15, 0.2) is 0 Å². The maximum Gasteiger partial charge on any atom is 0.134 e. The molecule has 0 saturated heterocycles. The van der Waals surface area contributed by atoms with Gasteiger partial charge < -0.3 is 10.2 Å². The minimum atomic E-state index is -0.379. The van der Waals surface area contributed by atoms with Gasteiger partial charge in [0.1, 0.15) is 17.4 Å². The summed E-state index contributed by atoms with van der Waals surface area (Å²) in [6, 6.07) is 13.0. The first-order valence-corrected chi connectivity index (χ1v) is 5.36. The molecule has 3 rings (SSSR count). The van der Waals surface area contributed by atoms with Gasteiger partial charge in [-0.05, 0) is 24.3 Å². The SMILES string of the molecule is NC(c1cccnn1)c1cc2ccccc2o1. The third-order valence-corrected chi connectivity index (χ3v) is 2.66. The molecule has 17 heavy (non-hydrogen) atoms. The van der Waals surface area contributed by atoms with Crippen LogP contribution in [0.4, 0.5) is 0 Å². The fourth-order valence-electron chi connectivity index (χ4n) is 1.78. The summed E-state index contributed by atoms with van der Waals surface area (Å²) in [5.41, 5.74) is 7.62. The number of rotatable bonds is 2. The molecule has 2 aromatic heterocycles. The van der Waals surface area contributed by atoms with Crippen LogP contribution in [-0.4, -0.2) is 10.2 Å². The Balaban J connectivity index is 2.04. The van der Waals surface area contributed by atoms with Crippen LogP contribution in [-0.2, 0) is 0 Å². The molecule has 0 fully saturated rings. The lowest BCUT2D eigenvalue weighted by Crippen LogP contribution is -2.12. The molecule has 0 aliphatic rings. The second-order valence-corrected chi connectivity index (χ2v) is 3.81. The molecular weight excluding hydrogens is 214 g/mol. The molecule has 2 heterocycles. The summed E-state index contributed by atoms with van der Waals surface area (Å²) in [5.74, 6) is 0.701. The molecule has 1 aromatic carbocycles. The summed E-state index contributed by atoms with van der Waals surface area (Å²) in [5, 5.41) is 8.85. The Morgan fingerprint density at radius 2 is 2.00 bits per heavy atom. The molecule has 3 aromatic rings. The topological polar surface area (TPSA) is 64.9 Å². The number of fused-ring (bicyclic) bond motifs is 1. The summed E-state index contributed by atoms with van der Waals surface area (Å²) >= 11 is 0. The zero-order chi connectivity index (χ0) is 11.7. The number of hydrogen-bond acceptors (Lipinski definition) is 4. The third-order valence-electron chi connectivity index (χ3n) is 2.66. The van der Waals surface area contributed by atoms with Gasteiger partial charge in [-0.1, -0.05) is 18.2 Å². The fraction of sp³-hybridized carbons (Fsp3) is 0.0769. The zero-order valence-corrected chi connectivity index (χ0v) is 9.08. The summed E-state index contributed by atoms with van der Waals surface area (Å²) in [7, 11) is 0. The monoisotopic (exact) mass is 225 g/mol. The van der Waals surface area contributed by atoms with Crippen molar-refractivity contribution in [3.63, 3.8) is 0 Å². The molecule has 0 spiro atoms. The lowest BCUT2D eigenvalue weighted by atomic mass is 10.1. The Bertz CT molecular complexity index is 600. The van der Waals surface area contributed by atoms with E-state index < -0.39 is 0 Å². The molecule has 0 saturated carbocycles. The molecule has 0 aliphatic carbocycles. The van der Waals surface area contributed by atoms with Crippen LogP contribution >= 0.6 is 0 Å². The van der Waals surface area contributed by atoms with Gasteiger partial charge in [0.2, 0.25) is 0 Å². The van der Waals surface area contributed by atoms with E-state index in [9.17, 15) is 0 Å². The van der Waals surface area contributed by atoms with E-state index in [1.807, 2.05) is 42.5 Å². The van der Waals surface area contributed by atoms with Gasteiger partial charge in [-0.25, -0.2) is 0 Å². The normalized spacial score (nSPS) is 12.8. The van der Waals surface area contributed by atoms with Crippen molar-refractivity contribution in [2.75, 3.05) is 0 Å². The van der Waals surface area contributed by atoms with E-state index in [-0.39, 0.29) is 6.04 Å². The second-order valence-electron chi connectivity index (χ2n) is 3.81. The number of furan rings is 1. The number of nitrogens with zero attached hydrogens (tertiary/aromatic N) is 2. The number of para-hydroxylation sites is 1. The molecule has 0 bridgehead atoms. The van der Waals surface area contributed by atoms with E-state index in [0.29, 0.717) is 11.5 Å². The Kier molecular flexibility index (Phi) is 2.34. The minimum Gasteiger partial charge on any atom is -0.459 e. The van der Waals surface area contributed by atoms with Crippen molar-refractivity contribution in [2.45, 2.75) is 6.04 Å². The van der Waals surface area contributed by atoms with Crippen LogP contribution in [0.2, 0.25) is 0 Å². The standard InChI is InChI=1S/C13H11N3O/c14-13(10-5-3-7-15-16-10)12-8-9-4-1-2-6-11(9)17-12/h1-8,13H,14H2. The highest BCUT2D eigenvalue weighted by molar-refractivity contribution is 5.77. The summed E-state index contributed by atoms with van der Waals surface area (Å²) in [6.45, 7) is 0. The quantitative estimate of drug-likeness (QED) is 0.726. The van der Waals surface area contributed by atoms with Crippen molar-refractivity contribution in [2.24, 2.45) is 5.73 Å². The van der Waals surface area contributed by atoms with Crippen LogP contribution in [0.3, 0.4) is 0 Å².